The number of nitrogens with zero attached hydrogens (tertiary/aromatic N) is 1. The molecule has 1 aromatic carbocycles. The first-order chi connectivity index (χ1) is 9.16. The van der Waals surface area contributed by atoms with Crippen LogP contribution in [0.5, 0.6) is 0 Å². The van der Waals surface area contributed by atoms with Crippen LogP contribution in [0.15, 0.2) is 24.3 Å². The molecule has 1 aliphatic rings. The van der Waals surface area contributed by atoms with Crippen molar-refractivity contribution in [2.75, 3.05) is 32.7 Å². The van der Waals surface area contributed by atoms with E-state index in [0.29, 0.717) is 11.4 Å². The van der Waals surface area contributed by atoms with E-state index >= 15 is 0 Å². The Morgan fingerprint density at radius 3 is 2.79 bits per heavy atom. The first-order valence-corrected chi connectivity index (χ1v) is 6.96. The number of carboxylic acids is 1. The van der Waals surface area contributed by atoms with Crippen LogP contribution >= 0.6 is 11.6 Å². The summed E-state index contributed by atoms with van der Waals surface area (Å²) in [4.78, 5) is 13.7. The predicted molar refractivity (Wildman–Crippen MR) is 75.8 cm³/mol. The number of rotatable bonds is 5. The van der Waals surface area contributed by atoms with Crippen LogP contribution in [-0.2, 0) is 4.79 Å². The highest BCUT2D eigenvalue weighted by Crippen LogP contribution is 2.23. The molecule has 0 bridgehead atoms. The molecule has 104 valence electrons. The second-order valence-electron chi connectivity index (χ2n) is 4.83. The Balaban J connectivity index is 1.98. The molecule has 0 amide bonds. The molecule has 1 atom stereocenters. The first kappa shape index (κ1) is 14.3. The number of carbonyl (C=O) groups is 1. The molecule has 4 nitrogen and oxygen atoms in total. The van der Waals surface area contributed by atoms with E-state index in [2.05, 4.69) is 10.2 Å². The molecule has 0 radical (unpaired) electrons. The number of piperazine rings is 1. The number of hydrogen-bond acceptors (Lipinski definition) is 3. The lowest BCUT2D eigenvalue weighted by Gasteiger charge is -2.28. The quantitative estimate of drug-likeness (QED) is 0.865. The molecule has 0 aliphatic carbocycles. The summed E-state index contributed by atoms with van der Waals surface area (Å²) in [5.41, 5.74) is 0.787. The van der Waals surface area contributed by atoms with Crippen molar-refractivity contribution < 1.29 is 9.90 Å². The van der Waals surface area contributed by atoms with E-state index < -0.39 is 11.9 Å². The molecule has 2 N–H and O–H groups in total. The van der Waals surface area contributed by atoms with Gasteiger partial charge >= 0.3 is 5.97 Å². The maximum absolute atomic E-state index is 11.4. The maximum atomic E-state index is 11.4. The Bertz CT molecular complexity index is 433. The summed E-state index contributed by atoms with van der Waals surface area (Å²) in [6.07, 6.45) is 0.621. The molecule has 1 aliphatic heterocycles. The van der Waals surface area contributed by atoms with E-state index in [-0.39, 0.29) is 0 Å². The van der Waals surface area contributed by atoms with Gasteiger partial charge in [0.25, 0.3) is 0 Å². The fourth-order valence-electron chi connectivity index (χ4n) is 2.40. The molecule has 1 fully saturated rings. The average Bonchev–Trinajstić information content (AvgIpc) is 2.40. The van der Waals surface area contributed by atoms with E-state index in [0.717, 1.165) is 38.3 Å². The van der Waals surface area contributed by atoms with E-state index in [1.807, 2.05) is 6.07 Å². The standard InChI is InChI=1S/C14H19ClN2O2/c15-12-3-1-2-11(10-12)13(14(18)19)4-7-17-8-5-16-6-9-17/h1-3,10,13,16H,4-9H2,(H,18,19). The molecule has 0 saturated carbocycles. The van der Waals surface area contributed by atoms with Crippen molar-refractivity contribution in [1.82, 2.24) is 10.2 Å². The molecule has 1 heterocycles. The van der Waals surface area contributed by atoms with Gasteiger partial charge in [-0.15, -0.1) is 0 Å². The van der Waals surface area contributed by atoms with Crippen LogP contribution < -0.4 is 5.32 Å². The molecule has 2 rings (SSSR count). The second-order valence-corrected chi connectivity index (χ2v) is 5.26. The minimum absolute atomic E-state index is 0.478. The van der Waals surface area contributed by atoms with Gasteiger partial charge < -0.3 is 15.3 Å². The zero-order valence-corrected chi connectivity index (χ0v) is 11.6. The van der Waals surface area contributed by atoms with E-state index in [1.54, 1.807) is 18.2 Å². The Morgan fingerprint density at radius 2 is 2.16 bits per heavy atom. The predicted octanol–water partition coefficient (Wildman–Crippen LogP) is 1.80. The number of aliphatic carboxylic acids is 1. The van der Waals surface area contributed by atoms with Gasteiger partial charge in [-0.3, -0.25) is 4.79 Å². The zero-order valence-electron chi connectivity index (χ0n) is 10.8. The molecule has 1 unspecified atom stereocenters. The lowest BCUT2D eigenvalue weighted by atomic mass is 9.95. The highest BCUT2D eigenvalue weighted by atomic mass is 35.5. The van der Waals surface area contributed by atoms with Gasteiger partial charge in [-0.1, -0.05) is 23.7 Å². The van der Waals surface area contributed by atoms with Crippen molar-refractivity contribution in [1.29, 1.82) is 0 Å². The Hall–Kier alpha value is -1.10. The maximum Gasteiger partial charge on any atom is 0.311 e. The number of hydrogen-bond donors (Lipinski definition) is 2. The third kappa shape index (κ3) is 4.20. The number of halogens is 1. The monoisotopic (exact) mass is 282 g/mol. The smallest absolute Gasteiger partial charge is 0.311 e. The van der Waals surface area contributed by atoms with E-state index in [4.69, 9.17) is 11.6 Å². The second kappa shape index (κ2) is 6.89. The van der Waals surface area contributed by atoms with Crippen LogP contribution in [0.1, 0.15) is 17.9 Å². The van der Waals surface area contributed by atoms with Crippen LogP contribution in [0.3, 0.4) is 0 Å². The Labute approximate surface area is 118 Å². The van der Waals surface area contributed by atoms with Crippen LogP contribution in [0.25, 0.3) is 0 Å². The number of nitrogens with one attached hydrogen (secondary N) is 1. The third-order valence-electron chi connectivity index (χ3n) is 3.49. The van der Waals surface area contributed by atoms with Gasteiger partial charge in [0.05, 0.1) is 5.92 Å². The molecule has 19 heavy (non-hydrogen) atoms. The Kier molecular flexibility index (Phi) is 5.19. The zero-order chi connectivity index (χ0) is 13.7. The van der Waals surface area contributed by atoms with Gasteiger partial charge in [0, 0.05) is 31.2 Å². The van der Waals surface area contributed by atoms with Gasteiger partial charge in [-0.25, -0.2) is 0 Å². The molecular weight excluding hydrogens is 264 g/mol. The lowest BCUT2D eigenvalue weighted by molar-refractivity contribution is -0.139. The fourth-order valence-corrected chi connectivity index (χ4v) is 2.60. The van der Waals surface area contributed by atoms with E-state index in [9.17, 15) is 9.90 Å². The van der Waals surface area contributed by atoms with E-state index in [1.165, 1.54) is 0 Å². The number of carboxylic acid groups (broad SMARTS) is 1. The van der Waals surface area contributed by atoms with Crippen LogP contribution in [-0.4, -0.2) is 48.7 Å². The minimum atomic E-state index is -0.780. The van der Waals surface area contributed by atoms with Crippen LogP contribution in [0, 0.1) is 0 Å². The van der Waals surface area contributed by atoms with Crippen LogP contribution in [0.4, 0.5) is 0 Å². The van der Waals surface area contributed by atoms with Crippen molar-refractivity contribution in [2.45, 2.75) is 12.3 Å². The summed E-state index contributed by atoms with van der Waals surface area (Å²) in [6, 6.07) is 7.15. The van der Waals surface area contributed by atoms with Crippen molar-refractivity contribution in [3.63, 3.8) is 0 Å². The summed E-state index contributed by atoms with van der Waals surface area (Å²) in [7, 11) is 0. The van der Waals surface area contributed by atoms with Crippen molar-refractivity contribution in [2.24, 2.45) is 0 Å². The number of benzene rings is 1. The Morgan fingerprint density at radius 1 is 1.42 bits per heavy atom. The SMILES string of the molecule is O=C(O)C(CCN1CCNCC1)c1cccc(Cl)c1. The normalized spacial score (nSPS) is 18.2. The molecule has 0 aromatic heterocycles. The third-order valence-corrected chi connectivity index (χ3v) is 3.73. The van der Waals surface area contributed by atoms with Crippen LogP contribution in [0.2, 0.25) is 5.02 Å². The highest BCUT2D eigenvalue weighted by Gasteiger charge is 2.21. The minimum Gasteiger partial charge on any atom is -0.481 e. The fraction of sp³-hybridized carbons (Fsp3) is 0.500. The van der Waals surface area contributed by atoms with Crippen molar-refractivity contribution in [3.05, 3.63) is 34.9 Å². The van der Waals surface area contributed by atoms with Gasteiger partial charge in [-0.2, -0.15) is 0 Å². The van der Waals surface area contributed by atoms with Crippen molar-refractivity contribution in [3.8, 4) is 0 Å². The topological polar surface area (TPSA) is 52.6 Å². The first-order valence-electron chi connectivity index (χ1n) is 6.58. The molecule has 5 heteroatoms. The van der Waals surface area contributed by atoms with Gasteiger partial charge in [0.15, 0.2) is 0 Å². The summed E-state index contributed by atoms with van der Waals surface area (Å²) in [5.74, 6) is -1.26. The molecule has 1 saturated heterocycles. The van der Waals surface area contributed by atoms with Gasteiger partial charge in [-0.05, 0) is 30.7 Å². The van der Waals surface area contributed by atoms with Crippen molar-refractivity contribution >= 4 is 17.6 Å². The lowest BCUT2D eigenvalue weighted by Crippen LogP contribution is -2.44. The molecule has 1 aromatic rings. The largest absolute Gasteiger partial charge is 0.481 e. The van der Waals surface area contributed by atoms with Gasteiger partial charge in [0.2, 0.25) is 0 Å². The summed E-state index contributed by atoms with van der Waals surface area (Å²) in [5, 5.41) is 13.3. The highest BCUT2D eigenvalue weighted by molar-refractivity contribution is 6.30. The summed E-state index contributed by atoms with van der Waals surface area (Å²) >= 11 is 5.93. The average molecular weight is 283 g/mol. The summed E-state index contributed by atoms with van der Waals surface area (Å²) in [6.45, 7) is 4.75. The van der Waals surface area contributed by atoms with Gasteiger partial charge in [0.1, 0.15) is 0 Å². The molecule has 0 spiro atoms. The molecular formula is C14H19ClN2O2. The summed E-state index contributed by atoms with van der Waals surface area (Å²) < 4.78 is 0.